The molecule has 1 aromatic heterocycles. The van der Waals surface area contributed by atoms with Gasteiger partial charge in [0.05, 0.1) is 18.5 Å². The Balaban J connectivity index is 2.31. The van der Waals surface area contributed by atoms with Crippen LogP contribution < -0.4 is 0 Å². The molecular formula is C11H17N3O2. The molecule has 5 heteroatoms. The molecular weight excluding hydrogens is 206 g/mol. The molecule has 16 heavy (non-hydrogen) atoms. The fraction of sp³-hybridized carbons (Fsp3) is 0.636. The van der Waals surface area contributed by atoms with Crippen LogP contribution in [0.25, 0.3) is 0 Å². The number of rotatable bonds is 2. The van der Waals surface area contributed by atoms with Crippen molar-refractivity contribution in [1.29, 1.82) is 0 Å². The van der Waals surface area contributed by atoms with Gasteiger partial charge in [0.25, 0.3) is 0 Å². The highest BCUT2D eigenvalue weighted by molar-refractivity contribution is 5.73. The first kappa shape index (κ1) is 11.1. The molecule has 0 spiro atoms. The van der Waals surface area contributed by atoms with Crippen LogP contribution in [0, 0.1) is 0 Å². The van der Waals surface area contributed by atoms with Gasteiger partial charge in [0.1, 0.15) is 0 Å². The molecule has 1 atom stereocenters. The molecule has 1 aromatic rings. The van der Waals surface area contributed by atoms with Crippen LogP contribution in [-0.4, -0.2) is 40.8 Å². The lowest BCUT2D eigenvalue weighted by Gasteiger charge is -2.32. The molecule has 5 nitrogen and oxygen atoms in total. The van der Waals surface area contributed by atoms with Gasteiger partial charge in [-0.15, -0.1) is 0 Å². The van der Waals surface area contributed by atoms with Crippen molar-refractivity contribution in [3.63, 3.8) is 0 Å². The number of aromatic nitrogens is 2. The summed E-state index contributed by atoms with van der Waals surface area (Å²) in [5, 5.41) is 4.25. The molecule has 0 aromatic carbocycles. The average molecular weight is 223 g/mol. The highest BCUT2D eigenvalue weighted by atomic mass is 16.5. The Hall–Kier alpha value is -1.36. The van der Waals surface area contributed by atoms with Crippen LogP contribution in [0.2, 0.25) is 0 Å². The van der Waals surface area contributed by atoms with Gasteiger partial charge in [0.2, 0.25) is 5.91 Å². The van der Waals surface area contributed by atoms with E-state index in [1.165, 1.54) is 5.69 Å². The van der Waals surface area contributed by atoms with E-state index in [1.807, 2.05) is 22.8 Å². The Bertz CT molecular complexity index is 400. The van der Waals surface area contributed by atoms with E-state index >= 15 is 0 Å². The second kappa shape index (κ2) is 4.25. The molecule has 2 heterocycles. The Morgan fingerprint density at radius 3 is 3.06 bits per heavy atom. The number of aryl methyl sites for hydroxylation is 1. The minimum Gasteiger partial charge on any atom is -0.384 e. The van der Waals surface area contributed by atoms with Crippen molar-refractivity contribution in [3.8, 4) is 0 Å². The minimum absolute atomic E-state index is 0.107. The first-order valence-corrected chi connectivity index (χ1v) is 5.38. The van der Waals surface area contributed by atoms with Crippen molar-refractivity contribution in [2.24, 2.45) is 7.05 Å². The van der Waals surface area contributed by atoms with Crippen molar-refractivity contribution in [1.82, 2.24) is 14.7 Å². The highest BCUT2D eigenvalue weighted by Gasteiger charge is 2.29. The summed E-state index contributed by atoms with van der Waals surface area (Å²) in [6.45, 7) is 3.61. The van der Waals surface area contributed by atoms with Gasteiger partial charge in [-0.1, -0.05) is 0 Å². The van der Waals surface area contributed by atoms with Crippen molar-refractivity contribution < 1.29 is 9.53 Å². The molecule has 0 bridgehead atoms. The second-order valence-electron chi connectivity index (χ2n) is 4.23. The van der Waals surface area contributed by atoms with Crippen molar-refractivity contribution in [3.05, 3.63) is 17.5 Å². The van der Waals surface area contributed by atoms with Crippen LogP contribution in [0.5, 0.6) is 0 Å². The summed E-state index contributed by atoms with van der Waals surface area (Å²) >= 11 is 0. The number of hydrogen-bond donors (Lipinski definition) is 0. The van der Waals surface area contributed by atoms with Crippen LogP contribution >= 0.6 is 0 Å². The summed E-state index contributed by atoms with van der Waals surface area (Å²) in [6.07, 6.45) is 1.84. The van der Waals surface area contributed by atoms with Gasteiger partial charge in [-0.05, 0) is 0 Å². The summed E-state index contributed by atoms with van der Waals surface area (Å²) < 4.78 is 7.10. The maximum absolute atomic E-state index is 11.4. The van der Waals surface area contributed by atoms with Gasteiger partial charge in [0.15, 0.2) is 0 Å². The first-order chi connectivity index (χ1) is 7.63. The molecule has 1 aliphatic heterocycles. The summed E-state index contributed by atoms with van der Waals surface area (Å²) in [4.78, 5) is 13.3. The van der Waals surface area contributed by atoms with Crippen LogP contribution in [0.4, 0.5) is 0 Å². The number of carbonyl (C=O) groups is 1. The summed E-state index contributed by atoms with van der Waals surface area (Å²) in [6, 6.07) is 0. The highest BCUT2D eigenvalue weighted by Crippen LogP contribution is 2.27. The molecule has 0 unspecified atom stereocenters. The number of carbonyl (C=O) groups excluding carboxylic acids is 1. The Kier molecular flexibility index (Phi) is 2.96. The molecule has 0 aliphatic carbocycles. The van der Waals surface area contributed by atoms with E-state index in [4.69, 9.17) is 4.74 Å². The van der Waals surface area contributed by atoms with Gasteiger partial charge < -0.3 is 9.64 Å². The molecule has 1 amide bonds. The van der Waals surface area contributed by atoms with Crippen LogP contribution in [-0.2, 0) is 23.1 Å². The fourth-order valence-electron chi connectivity index (χ4n) is 2.34. The zero-order valence-electron chi connectivity index (χ0n) is 9.93. The van der Waals surface area contributed by atoms with E-state index in [2.05, 4.69) is 5.10 Å². The van der Waals surface area contributed by atoms with Gasteiger partial charge in [-0.25, -0.2) is 0 Å². The quantitative estimate of drug-likeness (QED) is 0.734. The average Bonchev–Trinajstić information content (AvgIpc) is 2.61. The molecule has 2 rings (SSSR count). The van der Waals surface area contributed by atoms with Gasteiger partial charge in [0, 0.05) is 45.7 Å². The molecule has 0 saturated heterocycles. The first-order valence-electron chi connectivity index (χ1n) is 5.38. The Morgan fingerprint density at radius 2 is 2.44 bits per heavy atom. The van der Waals surface area contributed by atoms with E-state index < -0.39 is 0 Å². The third kappa shape index (κ3) is 1.82. The fourth-order valence-corrected chi connectivity index (χ4v) is 2.34. The monoisotopic (exact) mass is 223 g/mol. The van der Waals surface area contributed by atoms with Crippen molar-refractivity contribution >= 4 is 5.91 Å². The topological polar surface area (TPSA) is 47.4 Å². The van der Waals surface area contributed by atoms with Gasteiger partial charge >= 0.3 is 0 Å². The maximum Gasteiger partial charge on any atom is 0.219 e. The number of methoxy groups -OCH3 is 1. The molecule has 88 valence electrons. The van der Waals surface area contributed by atoms with Gasteiger partial charge in [-0.2, -0.15) is 5.10 Å². The van der Waals surface area contributed by atoms with E-state index in [9.17, 15) is 4.79 Å². The third-order valence-electron chi connectivity index (χ3n) is 3.07. The zero-order valence-corrected chi connectivity index (χ0v) is 9.93. The number of nitrogens with zero attached hydrogens (tertiary/aromatic N) is 3. The lowest BCUT2D eigenvalue weighted by Crippen LogP contribution is -2.38. The normalized spacial score (nSPS) is 19.7. The zero-order chi connectivity index (χ0) is 11.7. The van der Waals surface area contributed by atoms with Crippen molar-refractivity contribution in [2.75, 3.05) is 20.3 Å². The lowest BCUT2D eigenvalue weighted by atomic mass is 9.97. The molecule has 0 fully saturated rings. The maximum atomic E-state index is 11.4. The van der Waals surface area contributed by atoms with Crippen LogP contribution in [0.15, 0.2) is 6.20 Å². The third-order valence-corrected chi connectivity index (χ3v) is 3.07. The summed E-state index contributed by atoms with van der Waals surface area (Å²) in [5.74, 6) is 0.334. The van der Waals surface area contributed by atoms with E-state index in [0.29, 0.717) is 13.2 Å². The number of amides is 1. The molecule has 0 radical (unpaired) electrons. The minimum atomic E-state index is 0.107. The largest absolute Gasteiger partial charge is 0.384 e. The van der Waals surface area contributed by atoms with Gasteiger partial charge in [-0.3, -0.25) is 9.48 Å². The van der Waals surface area contributed by atoms with Crippen molar-refractivity contribution in [2.45, 2.75) is 19.4 Å². The Morgan fingerprint density at radius 1 is 1.69 bits per heavy atom. The lowest BCUT2D eigenvalue weighted by molar-refractivity contribution is -0.130. The van der Waals surface area contributed by atoms with Crippen LogP contribution in [0.1, 0.15) is 24.1 Å². The molecule has 0 N–H and O–H groups in total. The number of hydrogen-bond acceptors (Lipinski definition) is 3. The van der Waals surface area contributed by atoms with Crippen LogP contribution in [0.3, 0.4) is 0 Å². The number of ether oxygens (including phenoxy) is 1. The summed E-state index contributed by atoms with van der Waals surface area (Å²) in [7, 11) is 3.62. The smallest absolute Gasteiger partial charge is 0.219 e. The molecule has 0 saturated carbocycles. The standard InChI is InChI=1S/C11H17N3O2/c1-8(15)14-5-9-4-12-13(2)11(9)10(6-14)7-16-3/h4,10H,5-7H2,1-3H3/t10-/m1/s1. The molecule has 1 aliphatic rings. The van der Waals surface area contributed by atoms with E-state index in [1.54, 1.807) is 14.0 Å². The predicted molar refractivity (Wildman–Crippen MR) is 58.9 cm³/mol. The second-order valence-corrected chi connectivity index (χ2v) is 4.23. The van der Waals surface area contributed by atoms with E-state index in [0.717, 1.165) is 12.1 Å². The summed E-state index contributed by atoms with van der Waals surface area (Å²) in [5.41, 5.74) is 2.32. The predicted octanol–water partition coefficient (Wildman–Crippen LogP) is 0.512. The Labute approximate surface area is 95.0 Å². The number of fused-ring (bicyclic) bond motifs is 1. The van der Waals surface area contributed by atoms with E-state index in [-0.39, 0.29) is 11.8 Å². The SMILES string of the molecule is COC[C@H]1CN(C(C)=O)Cc2cnn(C)c21.